The lowest BCUT2D eigenvalue weighted by Gasteiger charge is -2.15. The lowest BCUT2D eigenvalue weighted by Crippen LogP contribution is -2.19. The van der Waals surface area contributed by atoms with Crippen molar-refractivity contribution in [3.8, 4) is 5.75 Å². The smallest absolute Gasteiger partial charge is 0.300 e. The predicted octanol–water partition coefficient (Wildman–Crippen LogP) is 2.80. The number of carbonyl (C=O) groups is 1. The van der Waals surface area contributed by atoms with E-state index in [2.05, 4.69) is 0 Å². The van der Waals surface area contributed by atoms with Crippen molar-refractivity contribution in [2.45, 2.75) is 25.7 Å². The van der Waals surface area contributed by atoms with Crippen molar-refractivity contribution in [1.29, 1.82) is 0 Å². The maximum absolute atomic E-state index is 12.3. The Kier molecular flexibility index (Phi) is 2.45. The zero-order valence-corrected chi connectivity index (χ0v) is 9.09. The molecular weight excluding hydrogens is 214 g/mol. The van der Waals surface area contributed by atoms with Crippen molar-refractivity contribution in [3.63, 3.8) is 0 Å². The molecule has 0 aliphatic carbocycles. The molecule has 1 aromatic carbocycles. The highest BCUT2D eigenvalue weighted by atomic mass is 19.3. The molecule has 0 atom stereocenters. The zero-order valence-electron chi connectivity index (χ0n) is 9.09. The average Bonchev–Trinajstić information content (AvgIpc) is 2.53. The Labute approximate surface area is 92.2 Å². The van der Waals surface area contributed by atoms with Gasteiger partial charge in [0, 0.05) is 16.5 Å². The summed E-state index contributed by atoms with van der Waals surface area (Å²) in [6.45, 7) is 4.42. The Balaban J connectivity index is 2.44. The second-order valence-corrected chi connectivity index (χ2v) is 4.55. The summed E-state index contributed by atoms with van der Waals surface area (Å²) in [6.07, 6.45) is -2.96. The zero-order chi connectivity index (χ0) is 11.9. The molecule has 1 aliphatic heterocycles. The SMILES string of the molecule is CC1(C)COc2ccc(C(=O)C(F)F)cc21. The minimum Gasteiger partial charge on any atom is -0.492 e. The molecule has 0 saturated heterocycles. The molecular formula is C12H12F2O2. The van der Waals surface area contributed by atoms with Gasteiger partial charge in [-0.15, -0.1) is 0 Å². The van der Waals surface area contributed by atoms with Crippen molar-refractivity contribution in [3.05, 3.63) is 29.3 Å². The number of carbonyl (C=O) groups excluding carboxylic acids is 1. The summed E-state index contributed by atoms with van der Waals surface area (Å²) in [5, 5.41) is 0. The number of ether oxygens (including phenoxy) is 1. The minimum atomic E-state index is -2.96. The lowest BCUT2D eigenvalue weighted by atomic mass is 9.86. The summed E-state index contributed by atoms with van der Waals surface area (Å²) in [4.78, 5) is 11.2. The van der Waals surface area contributed by atoms with E-state index in [0.29, 0.717) is 12.4 Å². The maximum Gasteiger partial charge on any atom is 0.300 e. The van der Waals surface area contributed by atoms with Crippen LogP contribution in [0.3, 0.4) is 0 Å². The first-order valence-corrected chi connectivity index (χ1v) is 5.01. The number of Topliss-reactive ketones (excluding diaryl/α,β-unsaturated/α-hetero) is 1. The van der Waals surface area contributed by atoms with Crippen molar-refractivity contribution >= 4 is 5.78 Å². The second-order valence-electron chi connectivity index (χ2n) is 4.55. The number of alkyl halides is 2. The van der Waals surface area contributed by atoms with Crippen molar-refractivity contribution in [2.75, 3.05) is 6.61 Å². The van der Waals surface area contributed by atoms with Gasteiger partial charge in [0.15, 0.2) is 0 Å². The number of halogens is 2. The molecule has 0 spiro atoms. The van der Waals surface area contributed by atoms with Gasteiger partial charge in [-0.25, -0.2) is 8.78 Å². The highest BCUT2D eigenvalue weighted by molar-refractivity contribution is 5.98. The number of ketones is 1. The van der Waals surface area contributed by atoms with Crippen LogP contribution in [0.4, 0.5) is 8.78 Å². The molecule has 4 heteroatoms. The van der Waals surface area contributed by atoms with Gasteiger partial charge in [-0.2, -0.15) is 0 Å². The molecule has 1 heterocycles. The van der Waals surface area contributed by atoms with Crippen LogP contribution in [-0.2, 0) is 5.41 Å². The molecule has 2 nitrogen and oxygen atoms in total. The van der Waals surface area contributed by atoms with Crippen LogP contribution in [-0.4, -0.2) is 18.8 Å². The van der Waals surface area contributed by atoms with E-state index in [-0.39, 0.29) is 11.0 Å². The summed E-state index contributed by atoms with van der Waals surface area (Å²) in [5.74, 6) is -0.457. The quantitative estimate of drug-likeness (QED) is 0.725. The second kappa shape index (κ2) is 3.54. The molecule has 0 bridgehead atoms. The number of fused-ring (bicyclic) bond motifs is 1. The number of benzene rings is 1. The van der Waals surface area contributed by atoms with Crippen LogP contribution in [0.2, 0.25) is 0 Å². The fourth-order valence-electron chi connectivity index (χ4n) is 1.80. The maximum atomic E-state index is 12.3. The third-order valence-electron chi connectivity index (χ3n) is 2.78. The van der Waals surface area contributed by atoms with Gasteiger partial charge in [0.05, 0.1) is 6.61 Å². The molecule has 0 unspecified atom stereocenters. The van der Waals surface area contributed by atoms with Crippen LogP contribution in [0.1, 0.15) is 29.8 Å². The third-order valence-corrected chi connectivity index (χ3v) is 2.78. The van der Waals surface area contributed by atoms with Gasteiger partial charge in [-0.05, 0) is 18.2 Å². The molecule has 0 amide bonds. The lowest BCUT2D eigenvalue weighted by molar-refractivity contribution is 0.0678. The molecule has 0 fully saturated rings. The fraction of sp³-hybridized carbons (Fsp3) is 0.417. The first-order valence-electron chi connectivity index (χ1n) is 5.01. The van der Waals surface area contributed by atoms with Crippen LogP contribution >= 0.6 is 0 Å². The van der Waals surface area contributed by atoms with Gasteiger partial charge in [0.25, 0.3) is 0 Å². The van der Waals surface area contributed by atoms with E-state index < -0.39 is 12.2 Å². The minimum absolute atomic E-state index is 0.0484. The summed E-state index contributed by atoms with van der Waals surface area (Å²) in [5.41, 5.74) is 0.639. The van der Waals surface area contributed by atoms with Gasteiger partial charge in [-0.1, -0.05) is 13.8 Å². The molecule has 0 saturated carbocycles. The topological polar surface area (TPSA) is 26.3 Å². The van der Waals surface area contributed by atoms with E-state index >= 15 is 0 Å². The average molecular weight is 226 g/mol. The van der Waals surface area contributed by atoms with E-state index in [1.54, 1.807) is 6.07 Å². The predicted molar refractivity (Wildman–Crippen MR) is 55.3 cm³/mol. The van der Waals surface area contributed by atoms with E-state index in [9.17, 15) is 13.6 Å². The summed E-state index contributed by atoms with van der Waals surface area (Å²) >= 11 is 0. The van der Waals surface area contributed by atoms with E-state index in [0.717, 1.165) is 5.56 Å². The van der Waals surface area contributed by atoms with Gasteiger partial charge >= 0.3 is 6.43 Å². The molecule has 86 valence electrons. The monoisotopic (exact) mass is 226 g/mol. The summed E-state index contributed by atoms with van der Waals surface area (Å²) in [7, 11) is 0. The molecule has 1 aliphatic rings. The standard InChI is InChI=1S/C12H12F2O2/c1-12(2)6-16-9-4-3-7(5-8(9)12)10(15)11(13)14/h3-5,11H,6H2,1-2H3. The number of rotatable bonds is 2. The number of hydrogen-bond donors (Lipinski definition) is 0. The van der Waals surface area contributed by atoms with Gasteiger partial charge in [0.2, 0.25) is 5.78 Å². The number of hydrogen-bond acceptors (Lipinski definition) is 2. The Morgan fingerprint density at radius 1 is 1.44 bits per heavy atom. The highest BCUT2D eigenvalue weighted by Gasteiger charge is 2.32. The molecule has 0 radical (unpaired) electrons. The first kappa shape index (κ1) is 11.0. The van der Waals surface area contributed by atoms with Crippen LogP contribution in [0.25, 0.3) is 0 Å². The fourth-order valence-corrected chi connectivity index (χ4v) is 1.80. The molecule has 16 heavy (non-hydrogen) atoms. The van der Waals surface area contributed by atoms with Crippen LogP contribution in [0.15, 0.2) is 18.2 Å². The normalized spacial score (nSPS) is 17.1. The van der Waals surface area contributed by atoms with Crippen LogP contribution in [0.5, 0.6) is 5.75 Å². The van der Waals surface area contributed by atoms with Crippen molar-refractivity contribution in [2.24, 2.45) is 0 Å². The van der Waals surface area contributed by atoms with Gasteiger partial charge in [-0.3, -0.25) is 4.79 Å². The van der Waals surface area contributed by atoms with Crippen molar-refractivity contribution < 1.29 is 18.3 Å². The Hall–Kier alpha value is -1.45. The molecule has 0 aromatic heterocycles. The molecule has 2 rings (SSSR count). The highest BCUT2D eigenvalue weighted by Crippen LogP contribution is 2.38. The first-order chi connectivity index (χ1) is 7.42. The van der Waals surface area contributed by atoms with E-state index in [1.807, 2.05) is 13.8 Å². The van der Waals surface area contributed by atoms with Gasteiger partial charge < -0.3 is 4.74 Å². The summed E-state index contributed by atoms with van der Waals surface area (Å²) in [6, 6.07) is 4.48. The largest absolute Gasteiger partial charge is 0.492 e. The van der Waals surface area contributed by atoms with Crippen LogP contribution < -0.4 is 4.74 Å². The van der Waals surface area contributed by atoms with E-state index in [1.165, 1.54) is 12.1 Å². The molecule has 1 aromatic rings. The Morgan fingerprint density at radius 2 is 2.12 bits per heavy atom. The molecule has 0 N–H and O–H groups in total. The summed E-state index contributed by atoms with van der Waals surface area (Å²) < 4.78 is 30.0. The van der Waals surface area contributed by atoms with Crippen molar-refractivity contribution in [1.82, 2.24) is 0 Å². The van der Waals surface area contributed by atoms with Gasteiger partial charge in [0.1, 0.15) is 5.75 Å². The Bertz CT molecular complexity index is 439. The third kappa shape index (κ3) is 1.68. The van der Waals surface area contributed by atoms with E-state index in [4.69, 9.17) is 4.74 Å². The van der Waals surface area contributed by atoms with Crippen LogP contribution in [0, 0.1) is 0 Å². The Morgan fingerprint density at radius 3 is 2.75 bits per heavy atom.